The van der Waals surface area contributed by atoms with Crippen LogP contribution in [0.1, 0.15) is 41.9 Å². The molecule has 106 valence electrons. The molecule has 0 aliphatic rings. The van der Waals surface area contributed by atoms with Gasteiger partial charge in [-0.1, -0.05) is 37.3 Å². The van der Waals surface area contributed by atoms with E-state index in [9.17, 15) is 4.79 Å². The van der Waals surface area contributed by atoms with Gasteiger partial charge in [0.05, 0.1) is 11.8 Å². The van der Waals surface area contributed by atoms with Gasteiger partial charge in [0, 0.05) is 12.6 Å². The molecule has 0 aliphatic heterocycles. The molecule has 1 aromatic heterocycles. The van der Waals surface area contributed by atoms with Crippen LogP contribution in [0.2, 0.25) is 0 Å². The number of nitrogens with zero attached hydrogens (tertiary/aromatic N) is 1. The number of hydrogen-bond acceptors (Lipinski definition) is 2. The molecule has 1 aromatic carbocycles. The van der Waals surface area contributed by atoms with Gasteiger partial charge in [-0.25, -0.2) is 0 Å². The van der Waals surface area contributed by atoms with Crippen molar-refractivity contribution in [3.63, 3.8) is 0 Å². The van der Waals surface area contributed by atoms with E-state index in [0.717, 1.165) is 12.0 Å². The van der Waals surface area contributed by atoms with E-state index < -0.39 is 0 Å². The van der Waals surface area contributed by atoms with Crippen molar-refractivity contribution in [2.45, 2.75) is 39.8 Å². The summed E-state index contributed by atoms with van der Waals surface area (Å²) < 4.78 is 5.25. The average molecular weight is 271 g/mol. The molecule has 0 aliphatic carbocycles. The summed E-state index contributed by atoms with van der Waals surface area (Å²) in [5.74, 6) is 0.714. The first kappa shape index (κ1) is 14.4. The summed E-state index contributed by atoms with van der Waals surface area (Å²) in [6, 6.07) is 12.0. The van der Waals surface area contributed by atoms with Gasteiger partial charge in [0.1, 0.15) is 5.76 Å². The smallest absolute Gasteiger partial charge is 0.257 e. The monoisotopic (exact) mass is 271 g/mol. The second-order valence-electron chi connectivity index (χ2n) is 5.07. The van der Waals surface area contributed by atoms with Gasteiger partial charge in [-0.2, -0.15) is 0 Å². The molecule has 3 heteroatoms. The van der Waals surface area contributed by atoms with Crippen LogP contribution in [0.25, 0.3) is 0 Å². The van der Waals surface area contributed by atoms with Crippen molar-refractivity contribution in [1.29, 1.82) is 0 Å². The molecule has 3 nitrogen and oxygen atoms in total. The first-order valence-electron chi connectivity index (χ1n) is 7.02. The highest BCUT2D eigenvalue weighted by atomic mass is 16.3. The van der Waals surface area contributed by atoms with E-state index in [1.807, 2.05) is 42.2 Å². The molecule has 2 rings (SSSR count). The van der Waals surface area contributed by atoms with Gasteiger partial charge in [0.25, 0.3) is 5.91 Å². The SMILES string of the molecule is CCC(C)N(Cc1ccccc1)C(=O)c1ccoc1C. The molecular weight excluding hydrogens is 250 g/mol. The van der Waals surface area contributed by atoms with E-state index in [-0.39, 0.29) is 11.9 Å². The van der Waals surface area contributed by atoms with E-state index in [1.165, 1.54) is 0 Å². The molecule has 1 unspecified atom stereocenters. The highest BCUT2D eigenvalue weighted by Crippen LogP contribution is 2.18. The number of furan rings is 1. The Hall–Kier alpha value is -2.03. The van der Waals surface area contributed by atoms with Crippen molar-refractivity contribution in [2.75, 3.05) is 0 Å². The van der Waals surface area contributed by atoms with E-state index in [2.05, 4.69) is 13.8 Å². The van der Waals surface area contributed by atoms with Crippen molar-refractivity contribution in [2.24, 2.45) is 0 Å². The molecular formula is C17H21NO2. The van der Waals surface area contributed by atoms with Gasteiger partial charge in [-0.3, -0.25) is 4.79 Å². The molecule has 0 radical (unpaired) electrons. The molecule has 0 fully saturated rings. The zero-order valence-corrected chi connectivity index (χ0v) is 12.3. The number of amides is 1. The van der Waals surface area contributed by atoms with Crippen molar-refractivity contribution in [1.82, 2.24) is 4.90 Å². The van der Waals surface area contributed by atoms with E-state index in [0.29, 0.717) is 17.9 Å². The van der Waals surface area contributed by atoms with Crippen molar-refractivity contribution in [3.8, 4) is 0 Å². The molecule has 1 heterocycles. The minimum absolute atomic E-state index is 0.0365. The van der Waals surface area contributed by atoms with Gasteiger partial charge in [0.15, 0.2) is 0 Å². The zero-order valence-electron chi connectivity index (χ0n) is 12.3. The van der Waals surface area contributed by atoms with Gasteiger partial charge >= 0.3 is 0 Å². The molecule has 0 spiro atoms. The normalized spacial score (nSPS) is 12.2. The predicted octanol–water partition coefficient (Wildman–Crippen LogP) is 4.03. The Morgan fingerprint density at radius 2 is 1.95 bits per heavy atom. The Kier molecular flexibility index (Phi) is 4.61. The molecule has 1 atom stereocenters. The summed E-state index contributed by atoms with van der Waals surface area (Å²) in [7, 11) is 0. The fraction of sp³-hybridized carbons (Fsp3) is 0.353. The number of benzene rings is 1. The number of hydrogen-bond donors (Lipinski definition) is 0. The zero-order chi connectivity index (χ0) is 14.5. The first-order chi connectivity index (χ1) is 9.63. The summed E-state index contributed by atoms with van der Waals surface area (Å²) in [6.45, 7) is 6.62. The van der Waals surface area contributed by atoms with Gasteiger partial charge in [-0.05, 0) is 31.9 Å². The van der Waals surface area contributed by atoms with Crippen molar-refractivity contribution >= 4 is 5.91 Å². The fourth-order valence-corrected chi connectivity index (χ4v) is 2.19. The summed E-state index contributed by atoms with van der Waals surface area (Å²) in [5, 5.41) is 0. The summed E-state index contributed by atoms with van der Waals surface area (Å²) >= 11 is 0. The van der Waals surface area contributed by atoms with Crippen LogP contribution in [0.4, 0.5) is 0 Å². The van der Waals surface area contributed by atoms with Gasteiger partial charge in [-0.15, -0.1) is 0 Å². The largest absolute Gasteiger partial charge is 0.469 e. The van der Waals surface area contributed by atoms with Gasteiger partial charge < -0.3 is 9.32 Å². The van der Waals surface area contributed by atoms with Gasteiger partial charge in [0.2, 0.25) is 0 Å². The third-order valence-electron chi connectivity index (χ3n) is 3.67. The minimum Gasteiger partial charge on any atom is -0.469 e. The van der Waals surface area contributed by atoms with Crippen LogP contribution < -0.4 is 0 Å². The maximum absolute atomic E-state index is 12.7. The molecule has 0 saturated carbocycles. The lowest BCUT2D eigenvalue weighted by Crippen LogP contribution is -2.37. The molecule has 0 bridgehead atoms. The van der Waals surface area contributed by atoms with Crippen LogP contribution in [-0.4, -0.2) is 16.8 Å². The molecule has 0 saturated heterocycles. The number of aryl methyl sites for hydroxylation is 1. The van der Waals surface area contributed by atoms with Crippen LogP contribution in [0.5, 0.6) is 0 Å². The summed E-state index contributed by atoms with van der Waals surface area (Å²) in [6.07, 6.45) is 2.50. The van der Waals surface area contributed by atoms with Crippen LogP contribution in [0.15, 0.2) is 47.1 Å². The lowest BCUT2D eigenvalue weighted by molar-refractivity contribution is 0.0670. The first-order valence-corrected chi connectivity index (χ1v) is 7.02. The van der Waals surface area contributed by atoms with Crippen LogP contribution in [0.3, 0.4) is 0 Å². The Morgan fingerprint density at radius 1 is 1.25 bits per heavy atom. The average Bonchev–Trinajstić information content (AvgIpc) is 2.90. The summed E-state index contributed by atoms with van der Waals surface area (Å²) in [4.78, 5) is 14.6. The number of rotatable bonds is 5. The predicted molar refractivity (Wildman–Crippen MR) is 79.5 cm³/mol. The second kappa shape index (κ2) is 6.42. The Balaban J connectivity index is 2.24. The van der Waals surface area contributed by atoms with E-state index >= 15 is 0 Å². The maximum Gasteiger partial charge on any atom is 0.257 e. The lowest BCUT2D eigenvalue weighted by atomic mass is 10.1. The lowest BCUT2D eigenvalue weighted by Gasteiger charge is -2.28. The van der Waals surface area contributed by atoms with E-state index in [4.69, 9.17) is 4.42 Å². The third kappa shape index (κ3) is 3.10. The Morgan fingerprint density at radius 3 is 2.50 bits per heavy atom. The van der Waals surface area contributed by atoms with Crippen molar-refractivity contribution < 1.29 is 9.21 Å². The molecule has 1 amide bonds. The fourth-order valence-electron chi connectivity index (χ4n) is 2.19. The van der Waals surface area contributed by atoms with Crippen LogP contribution >= 0.6 is 0 Å². The Bertz CT molecular complexity index is 559. The van der Waals surface area contributed by atoms with Crippen LogP contribution in [-0.2, 0) is 6.54 Å². The standard InChI is InChI=1S/C17H21NO2/c1-4-13(2)18(12-15-8-6-5-7-9-15)17(19)16-10-11-20-14(16)3/h5-11,13H,4,12H2,1-3H3. The molecule has 20 heavy (non-hydrogen) atoms. The quantitative estimate of drug-likeness (QED) is 0.822. The van der Waals surface area contributed by atoms with E-state index in [1.54, 1.807) is 12.3 Å². The van der Waals surface area contributed by atoms with Crippen molar-refractivity contribution in [3.05, 3.63) is 59.5 Å². The highest BCUT2D eigenvalue weighted by molar-refractivity contribution is 5.95. The Labute approximate surface area is 120 Å². The maximum atomic E-state index is 12.7. The number of carbonyl (C=O) groups excluding carboxylic acids is 1. The highest BCUT2D eigenvalue weighted by Gasteiger charge is 2.23. The van der Waals surface area contributed by atoms with Crippen LogP contribution in [0, 0.1) is 6.92 Å². The molecule has 0 N–H and O–H groups in total. The number of carbonyl (C=O) groups is 1. The second-order valence-corrected chi connectivity index (χ2v) is 5.07. The summed E-state index contributed by atoms with van der Waals surface area (Å²) in [5.41, 5.74) is 1.79. The third-order valence-corrected chi connectivity index (χ3v) is 3.67. The molecule has 2 aromatic rings. The topological polar surface area (TPSA) is 33.5 Å². The minimum atomic E-state index is 0.0365.